The van der Waals surface area contributed by atoms with E-state index in [1.807, 2.05) is 18.2 Å². The molecule has 0 aromatic heterocycles. The Hall–Kier alpha value is -2.64. The number of aliphatic hydroxyl groups excluding tert-OH is 1. The lowest BCUT2D eigenvalue weighted by atomic mass is 9.67. The van der Waals surface area contributed by atoms with E-state index in [2.05, 4.69) is 6.07 Å². The van der Waals surface area contributed by atoms with Crippen molar-refractivity contribution in [1.82, 2.24) is 0 Å². The Morgan fingerprint density at radius 1 is 0.931 bits per heavy atom. The van der Waals surface area contributed by atoms with Crippen molar-refractivity contribution in [3.8, 4) is 28.7 Å². The lowest BCUT2D eigenvalue weighted by molar-refractivity contribution is -0.0853. The molecular weight excluding hydrogens is 376 g/mol. The Morgan fingerprint density at radius 2 is 1.62 bits per heavy atom. The summed E-state index contributed by atoms with van der Waals surface area (Å²) in [5.74, 6) is 3.23. The van der Waals surface area contributed by atoms with Crippen molar-refractivity contribution in [2.45, 2.75) is 18.6 Å². The zero-order chi connectivity index (χ0) is 20.1. The van der Waals surface area contributed by atoms with Crippen LogP contribution >= 0.6 is 0 Å². The van der Waals surface area contributed by atoms with Gasteiger partial charge in [0.05, 0.1) is 27.9 Å². The predicted octanol–water partition coefficient (Wildman–Crippen LogP) is 2.71. The topological polar surface area (TPSA) is 75.6 Å². The highest BCUT2D eigenvalue weighted by Gasteiger charge is 2.47. The van der Waals surface area contributed by atoms with Gasteiger partial charge in [-0.25, -0.2) is 0 Å². The molecular formula is C22H24O7. The summed E-state index contributed by atoms with van der Waals surface area (Å²) in [6, 6.07) is 8.00. The van der Waals surface area contributed by atoms with Gasteiger partial charge in [-0.3, -0.25) is 0 Å². The average molecular weight is 400 g/mol. The molecule has 0 saturated carbocycles. The molecule has 1 saturated heterocycles. The molecule has 1 fully saturated rings. The minimum Gasteiger partial charge on any atom is -0.493 e. The summed E-state index contributed by atoms with van der Waals surface area (Å²) in [6.07, 6.45) is -0.00287. The summed E-state index contributed by atoms with van der Waals surface area (Å²) in [4.78, 5) is 0. The molecule has 1 unspecified atom stereocenters. The molecule has 0 bridgehead atoms. The summed E-state index contributed by atoms with van der Waals surface area (Å²) in [6.45, 7) is 0.756. The Balaban J connectivity index is 1.70. The first-order chi connectivity index (χ1) is 14.1. The zero-order valence-electron chi connectivity index (χ0n) is 16.6. The summed E-state index contributed by atoms with van der Waals surface area (Å²) < 4.78 is 33.5. The van der Waals surface area contributed by atoms with Gasteiger partial charge in [0.1, 0.15) is 0 Å². The van der Waals surface area contributed by atoms with Gasteiger partial charge in [0.25, 0.3) is 0 Å². The highest BCUT2D eigenvalue weighted by Crippen LogP contribution is 2.53. The van der Waals surface area contributed by atoms with Crippen LogP contribution in [0.5, 0.6) is 28.7 Å². The molecule has 3 aliphatic rings. The van der Waals surface area contributed by atoms with Crippen LogP contribution in [0.1, 0.15) is 22.6 Å². The van der Waals surface area contributed by atoms with Crippen molar-refractivity contribution in [2.75, 3.05) is 34.7 Å². The highest BCUT2D eigenvalue weighted by molar-refractivity contribution is 5.58. The van der Waals surface area contributed by atoms with E-state index in [0.29, 0.717) is 23.9 Å². The highest BCUT2D eigenvalue weighted by atomic mass is 16.7. The third kappa shape index (κ3) is 2.80. The quantitative estimate of drug-likeness (QED) is 0.846. The number of aliphatic hydroxyl groups is 1. The minimum absolute atomic E-state index is 0.0781. The smallest absolute Gasteiger partial charge is 0.231 e. The second kappa shape index (κ2) is 7.00. The van der Waals surface area contributed by atoms with Crippen molar-refractivity contribution >= 4 is 0 Å². The van der Waals surface area contributed by atoms with E-state index in [9.17, 15) is 5.11 Å². The number of hydrogen-bond acceptors (Lipinski definition) is 7. The maximum Gasteiger partial charge on any atom is 0.231 e. The summed E-state index contributed by atoms with van der Waals surface area (Å²) in [5, 5.41) is 10.7. The molecule has 29 heavy (non-hydrogen) atoms. The average Bonchev–Trinajstić information content (AvgIpc) is 3.35. The Labute approximate surface area is 169 Å². The number of rotatable bonds is 4. The molecule has 5 rings (SSSR count). The predicted molar refractivity (Wildman–Crippen MR) is 103 cm³/mol. The number of benzene rings is 2. The van der Waals surface area contributed by atoms with Crippen molar-refractivity contribution in [3.63, 3.8) is 0 Å². The maximum atomic E-state index is 10.7. The molecule has 0 amide bonds. The molecule has 2 heterocycles. The first-order valence-corrected chi connectivity index (χ1v) is 9.66. The van der Waals surface area contributed by atoms with Gasteiger partial charge >= 0.3 is 0 Å². The van der Waals surface area contributed by atoms with Gasteiger partial charge in [-0.2, -0.15) is 0 Å². The van der Waals surface area contributed by atoms with E-state index in [1.165, 1.54) is 5.56 Å². The molecule has 4 atom stereocenters. The Morgan fingerprint density at radius 3 is 2.28 bits per heavy atom. The second-order valence-corrected chi connectivity index (χ2v) is 7.61. The summed E-state index contributed by atoms with van der Waals surface area (Å²) >= 11 is 0. The molecule has 2 aromatic rings. The van der Waals surface area contributed by atoms with Crippen molar-refractivity contribution in [2.24, 2.45) is 11.8 Å². The molecule has 1 aliphatic carbocycles. The molecule has 7 nitrogen and oxygen atoms in total. The zero-order valence-corrected chi connectivity index (χ0v) is 16.6. The fourth-order valence-electron chi connectivity index (χ4n) is 4.95. The second-order valence-electron chi connectivity index (χ2n) is 7.61. The van der Waals surface area contributed by atoms with Gasteiger partial charge in [-0.15, -0.1) is 0 Å². The van der Waals surface area contributed by atoms with E-state index in [-0.39, 0.29) is 24.5 Å². The maximum absolute atomic E-state index is 10.7. The molecule has 2 aromatic carbocycles. The van der Waals surface area contributed by atoms with Crippen LogP contribution in [0.3, 0.4) is 0 Å². The first kappa shape index (κ1) is 18.4. The fraction of sp³-hybridized carbons (Fsp3) is 0.455. The van der Waals surface area contributed by atoms with E-state index < -0.39 is 6.29 Å². The van der Waals surface area contributed by atoms with Gasteiger partial charge in [-0.1, -0.05) is 0 Å². The van der Waals surface area contributed by atoms with Crippen LogP contribution in [0.2, 0.25) is 0 Å². The van der Waals surface area contributed by atoms with Crippen LogP contribution in [0.15, 0.2) is 24.3 Å². The number of methoxy groups -OCH3 is 3. The third-order valence-corrected chi connectivity index (χ3v) is 6.24. The molecule has 0 radical (unpaired) electrons. The van der Waals surface area contributed by atoms with Gasteiger partial charge in [0.2, 0.25) is 12.5 Å². The van der Waals surface area contributed by atoms with Gasteiger partial charge in [0, 0.05) is 11.8 Å². The van der Waals surface area contributed by atoms with E-state index in [1.54, 1.807) is 21.3 Å². The number of ether oxygens (including phenoxy) is 6. The molecule has 0 spiro atoms. The number of fused-ring (bicyclic) bond motifs is 3. The summed E-state index contributed by atoms with van der Waals surface area (Å²) in [5.41, 5.74) is 3.26. The van der Waals surface area contributed by atoms with Gasteiger partial charge in [0.15, 0.2) is 29.3 Å². The van der Waals surface area contributed by atoms with Crippen LogP contribution in [0.25, 0.3) is 0 Å². The van der Waals surface area contributed by atoms with Crippen LogP contribution in [0, 0.1) is 11.8 Å². The standard InChI is InChI=1S/C22H24O7/c1-24-17-6-12(7-18(25-2)21(17)26-3)19-14-8-16-15(28-10-29-16)5-11(14)4-13-9-27-22(23)20(13)19/h5-8,13,19-20,22-23H,4,9-10H2,1-3H3/t13-,19-,20-,22?/m0/s1. The molecule has 154 valence electrons. The van der Waals surface area contributed by atoms with E-state index >= 15 is 0 Å². The monoisotopic (exact) mass is 400 g/mol. The minimum atomic E-state index is -0.831. The molecule has 1 N–H and O–H groups in total. The van der Waals surface area contributed by atoms with Crippen LogP contribution < -0.4 is 23.7 Å². The SMILES string of the molecule is COc1cc([C@H]2c3cc4c(cc3C[C@H]3COC(O)[C@@H]32)OCO4)cc(OC)c1OC. The van der Waals surface area contributed by atoms with Crippen LogP contribution in [-0.2, 0) is 11.2 Å². The van der Waals surface area contributed by atoms with Gasteiger partial charge < -0.3 is 33.5 Å². The first-order valence-electron chi connectivity index (χ1n) is 9.66. The Kier molecular flexibility index (Phi) is 4.44. The van der Waals surface area contributed by atoms with Crippen LogP contribution in [-0.4, -0.2) is 46.1 Å². The van der Waals surface area contributed by atoms with E-state index in [4.69, 9.17) is 28.4 Å². The lowest BCUT2D eigenvalue weighted by Gasteiger charge is -2.36. The van der Waals surface area contributed by atoms with Crippen molar-refractivity contribution < 1.29 is 33.5 Å². The molecule has 2 aliphatic heterocycles. The lowest BCUT2D eigenvalue weighted by Crippen LogP contribution is -2.33. The Bertz CT molecular complexity index is 916. The third-order valence-electron chi connectivity index (χ3n) is 6.24. The fourth-order valence-corrected chi connectivity index (χ4v) is 4.95. The van der Waals surface area contributed by atoms with Crippen LogP contribution in [0.4, 0.5) is 0 Å². The molecule has 7 heteroatoms. The van der Waals surface area contributed by atoms with Crippen molar-refractivity contribution in [1.29, 1.82) is 0 Å². The largest absolute Gasteiger partial charge is 0.493 e. The normalized spacial score (nSPS) is 26.6. The van der Waals surface area contributed by atoms with E-state index in [0.717, 1.165) is 29.0 Å². The summed E-state index contributed by atoms with van der Waals surface area (Å²) in [7, 11) is 4.79. The van der Waals surface area contributed by atoms with Gasteiger partial charge in [-0.05, 0) is 53.3 Å². The number of hydrogen-bond donors (Lipinski definition) is 1. The van der Waals surface area contributed by atoms with Crippen molar-refractivity contribution in [3.05, 3.63) is 41.0 Å².